The molecule has 0 atom stereocenters. The lowest BCUT2D eigenvalue weighted by Crippen LogP contribution is -2.29. The highest BCUT2D eigenvalue weighted by atomic mass is 35.5. The third kappa shape index (κ3) is 2.70. The number of amidine groups is 1. The minimum atomic E-state index is 0.0549. The summed E-state index contributed by atoms with van der Waals surface area (Å²) in [4.78, 5) is 18.1. The van der Waals surface area contributed by atoms with Gasteiger partial charge in [0, 0.05) is 11.1 Å². The van der Waals surface area contributed by atoms with E-state index in [0.717, 1.165) is 16.4 Å². The van der Waals surface area contributed by atoms with Gasteiger partial charge in [-0.3, -0.25) is 14.7 Å². The van der Waals surface area contributed by atoms with Crippen LogP contribution in [0, 0.1) is 6.92 Å². The Morgan fingerprint density at radius 1 is 1.44 bits per heavy atom. The molecule has 1 aromatic rings. The number of carbonyl (C=O) groups excluding carboxylic acids is 1. The summed E-state index contributed by atoms with van der Waals surface area (Å²) in [5, 5.41) is 1.43. The Hall–Kier alpha value is -1.00. The lowest BCUT2D eigenvalue weighted by atomic mass is 10.2. The molecule has 0 radical (unpaired) electrons. The van der Waals surface area contributed by atoms with Crippen LogP contribution >= 0.6 is 23.4 Å². The van der Waals surface area contributed by atoms with Gasteiger partial charge in [-0.25, -0.2) is 0 Å². The number of rotatable bonds is 2. The van der Waals surface area contributed by atoms with Gasteiger partial charge >= 0.3 is 0 Å². The Kier molecular flexibility index (Phi) is 3.97. The molecule has 3 nitrogen and oxygen atoms in total. The number of aryl methyl sites for hydroxylation is 1. The zero-order chi connectivity index (χ0) is 13.3. The summed E-state index contributed by atoms with van der Waals surface area (Å²) in [6, 6.07) is 5.81. The van der Waals surface area contributed by atoms with E-state index in [2.05, 4.69) is 4.99 Å². The lowest BCUT2D eigenvalue weighted by molar-refractivity contribution is -0.115. The highest BCUT2D eigenvalue weighted by molar-refractivity contribution is 8.15. The number of carbonyl (C=O) groups is 1. The molecule has 1 saturated heterocycles. The van der Waals surface area contributed by atoms with Crippen molar-refractivity contribution in [1.29, 1.82) is 0 Å². The average Bonchev–Trinajstić information content (AvgIpc) is 2.63. The Morgan fingerprint density at radius 2 is 2.17 bits per heavy atom. The van der Waals surface area contributed by atoms with E-state index >= 15 is 0 Å². The maximum atomic E-state index is 11.9. The first-order chi connectivity index (χ1) is 8.49. The van der Waals surface area contributed by atoms with Crippen molar-refractivity contribution in [2.45, 2.75) is 26.8 Å². The molecule has 1 fully saturated rings. The number of nitrogens with zero attached hydrogens (tertiary/aromatic N) is 2. The van der Waals surface area contributed by atoms with E-state index < -0.39 is 0 Å². The van der Waals surface area contributed by atoms with E-state index in [-0.39, 0.29) is 11.9 Å². The molecule has 0 aliphatic carbocycles. The van der Waals surface area contributed by atoms with Gasteiger partial charge in [-0.2, -0.15) is 0 Å². The number of anilines is 1. The number of hydrogen-bond donors (Lipinski definition) is 0. The zero-order valence-corrected chi connectivity index (χ0v) is 12.2. The highest BCUT2D eigenvalue weighted by Crippen LogP contribution is 2.30. The third-order valence-corrected chi connectivity index (χ3v) is 3.89. The summed E-state index contributed by atoms with van der Waals surface area (Å²) >= 11 is 7.58. The molecule has 5 heteroatoms. The number of halogens is 1. The molecule has 96 valence electrons. The molecule has 0 unspecified atom stereocenters. The monoisotopic (exact) mass is 282 g/mol. The summed E-state index contributed by atoms with van der Waals surface area (Å²) in [5.41, 5.74) is 1.79. The van der Waals surface area contributed by atoms with Gasteiger partial charge in [0.15, 0.2) is 5.17 Å². The van der Waals surface area contributed by atoms with Gasteiger partial charge in [0.2, 0.25) is 5.91 Å². The van der Waals surface area contributed by atoms with Gasteiger partial charge < -0.3 is 0 Å². The molecule has 2 rings (SSSR count). The Bertz CT molecular complexity index is 514. The van der Waals surface area contributed by atoms with Crippen LogP contribution in [0.25, 0.3) is 0 Å². The molecule has 0 saturated carbocycles. The molecule has 1 heterocycles. The van der Waals surface area contributed by atoms with Gasteiger partial charge in [-0.1, -0.05) is 29.4 Å². The first-order valence-corrected chi connectivity index (χ1v) is 7.15. The summed E-state index contributed by atoms with van der Waals surface area (Å²) in [5.74, 6) is 0.496. The lowest BCUT2D eigenvalue weighted by Gasteiger charge is -2.17. The van der Waals surface area contributed by atoms with Gasteiger partial charge in [0.25, 0.3) is 0 Å². The molecular formula is C13H15ClN2OS. The predicted molar refractivity (Wildman–Crippen MR) is 78.7 cm³/mol. The molecule has 0 N–H and O–H groups in total. The topological polar surface area (TPSA) is 32.7 Å². The fourth-order valence-corrected chi connectivity index (χ4v) is 2.83. The molecule has 0 bridgehead atoms. The van der Waals surface area contributed by atoms with E-state index in [4.69, 9.17) is 11.6 Å². The van der Waals surface area contributed by atoms with Crippen molar-refractivity contribution >= 4 is 40.1 Å². The first-order valence-electron chi connectivity index (χ1n) is 5.78. The number of hydrogen-bond acceptors (Lipinski definition) is 3. The summed E-state index contributed by atoms with van der Waals surface area (Å²) in [7, 11) is 0. The maximum absolute atomic E-state index is 11.9. The molecular weight excluding hydrogens is 268 g/mol. The molecule has 1 amide bonds. The van der Waals surface area contributed by atoms with Crippen molar-refractivity contribution in [3.63, 3.8) is 0 Å². The van der Waals surface area contributed by atoms with Gasteiger partial charge in [0.05, 0.1) is 11.4 Å². The Balaban J connectivity index is 2.40. The normalized spacial score (nSPS) is 18.2. The quantitative estimate of drug-likeness (QED) is 0.832. The predicted octanol–water partition coefficient (Wildman–Crippen LogP) is 3.49. The van der Waals surface area contributed by atoms with E-state index in [9.17, 15) is 4.79 Å². The van der Waals surface area contributed by atoms with Crippen molar-refractivity contribution in [2.75, 3.05) is 10.7 Å². The van der Waals surface area contributed by atoms with Gasteiger partial charge in [-0.15, -0.1) is 0 Å². The van der Waals surface area contributed by atoms with Crippen molar-refractivity contribution in [2.24, 2.45) is 4.99 Å². The highest BCUT2D eigenvalue weighted by Gasteiger charge is 2.29. The third-order valence-electron chi connectivity index (χ3n) is 2.55. The van der Waals surface area contributed by atoms with Crippen LogP contribution in [0.1, 0.15) is 19.4 Å². The van der Waals surface area contributed by atoms with Crippen LogP contribution in [0.15, 0.2) is 23.2 Å². The van der Waals surface area contributed by atoms with E-state index in [0.29, 0.717) is 10.8 Å². The van der Waals surface area contributed by atoms with Crippen molar-refractivity contribution < 1.29 is 4.79 Å². The Morgan fingerprint density at radius 3 is 2.78 bits per heavy atom. The molecule has 0 aromatic heterocycles. The largest absolute Gasteiger partial charge is 0.273 e. The fourth-order valence-electron chi connectivity index (χ4n) is 1.65. The molecule has 18 heavy (non-hydrogen) atoms. The number of amides is 1. The standard InChI is InChI=1S/C13H15ClN2OS/c1-8(2)15-13-16(12(17)7-18-13)10-5-4-9(3)11(14)6-10/h4-6,8H,7H2,1-3H3/b15-13-. The van der Waals surface area contributed by atoms with Crippen LogP contribution in [0.3, 0.4) is 0 Å². The average molecular weight is 283 g/mol. The fraction of sp³-hybridized carbons (Fsp3) is 0.385. The maximum Gasteiger partial charge on any atom is 0.243 e. The first kappa shape index (κ1) is 13.4. The van der Waals surface area contributed by atoms with Crippen LogP contribution < -0.4 is 4.90 Å². The molecule has 1 aliphatic rings. The number of thioether (sulfide) groups is 1. The van der Waals surface area contributed by atoms with Crippen LogP contribution in [0.5, 0.6) is 0 Å². The summed E-state index contributed by atoms with van der Waals surface area (Å²) in [6.07, 6.45) is 0. The molecule has 0 spiro atoms. The van der Waals surface area contributed by atoms with Crippen molar-refractivity contribution in [1.82, 2.24) is 0 Å². The van der Waals surface area contributed by atoms with E-state index in [1.54, 1.807) is 4.90 Å². The number of aliphatic imine (C=N–C) groups is 1. The Labute approximate surface area is 116 Å². The minimum absolute atomic E-state index is 0.0549. The van der Waals surface area contributed by atoms with Gasteiger partial charge in [0.1, 0.15) is 0 Å². The van der Waals surface area contributed by atoms with E-state index in [1.165, 1.54) is 11.8 Å². The van der Waals surface area contributed by atoms with Crippen molar-refractivity contribution in [3.05, 3.63) is 28.8 Å². The zero-order valence-electron chi connectivity index (χ0n) is 10.6. The van der Waals surface area contributed by atoms with Gasteiger partial charge in [-0.05, 0) is 38.5 Å². The second kappa shape index (κ2) is 5.33. The smallest absolute Gasteiger partial charge is 0.243 e. The van der Waals surface area contributed by atoms with Crippen LogP contribution in [-0.2, 0) is 4.79 Å². The second-order valence-electron chi connectivity index (χ2n) is 4.46. The summed E-state index contributed by atoms with van der Waals surface area (Å²) < 4.78 is 0. The SMILES string of the molecule is Cc1ccc(N2C(=O)CS/C2=N\C(C)C)cc1Cl. The van der Waals surface area contributed by atoms with Crippen LogP contribution in [-0.4, -0.2) is 22.9 Å². The second-order valence-corrected chi connectivity index (χ2v) is 5.81. The summed E-state index contributed by atoms with van der Waals surface area (Å²) in [6.45, 7) is 5.93. The van der Waals surface area contributed by atoms with Crippen LogP contribution in [0.2, 0.25) is 5.02 Å². The number of benzene rings is 1. The minimum Gasteiger partial charge on any atom is -0.273 e. The van der Waals surface area contributed by atoms with Crippen molar-refractivity contribution in [3.8, 4) is 0 Å². The molecule has 1 aromatic carbocycles. The molecule has 1 aliphatic heterocycles. The van der Waals surface area contributed by atoms with Crippen LogP contribution in [0.4, 0.5) is 5.69 Å². The van der Waals surface area contributed by atoms with E-state index in [1.807, 2.05) is 39.0 Å².